The van der Waals surface area contributed by atoms with Crippen molar-refractivity contribution in [3.63, 3.8) is 0 Å². The summed E-state index contributed by atoms with van der Waals surface area (Å²) in [6, 6.07) is -1.21. The molecule has 0 rings (SSSR count). The smallest absolute Gasteiger partial charge is 0.550 e. The Morgan fingerprint density at radius 1 is 1.00 bits per heavy atom. The molecule has 11 heteroatoms. The summed E-state index contributed by atoms with van der Waals surface area (Å²) in [6.45, 7) is 0. The molecule has 0 heterocycles. The van der Waals surface area contributed by atoms with Gasteiger partial charge < -0.3 is 52.9 Å². The van der Waals surface area contributed by atoms with Gasteiger partial charge in [0.05, 0.1) is 5.97 Å². The third-order valence-electron chi connectivity index (χ3n) is 0.962. The molecule has 0 amide bonds. The monoisotopic (exact) mass is 323 g/mol. The first-order valence-electron chi connectivity index (χ1n) is 2.70. The maximum atomic E-state index is 9.86. The Morgan fingerprint density at radius 3 is 1.50 bits per heavy atom. The standard InChI is InChI=1S/C5H9NO4.5H2O.Sr/c6-3(5(9)10)1-2-4(7)8;;;;;;/h3H,1-2,6H2,(H,7,8)(H,9,10);5*1H2;/q;;;;;;+2/p-2/t3-;;;;;;/m0....../s1. The van der Waals surface area contributed by atoms with Crippen LogP contribution < -0.4 is 15.9 Å². The zero-order valence-corrected chi connectivity index (χ0v) is 11.9. The van der Waals surface area contributed by atoms with Crippen LogP contribution in [0.25, 0.3) is 0 Å². The number of hydrogen-bond acceptors (Lipinski definition) is 5. The molecule has 0 aliphatic carbocycles. The first-order chi connectivity index (χ1) is 4.54. The number of carboxylic acid groups (broad SMARTS) is 2. The van der Waals surface area contributed by atoms with E-state index in [4.69, 9.17) is 5.73 Å². The second kappa shape index (κ2) is 24.4. The van der Waals surface area contributed by atoms with Gasteiger partial charge in [0.15, 0.2) is 0 Å². The Morgan fingerprint density at radius 2 is 1.31 bits per heavy atom. The predicted molar refractivity (Wildman–Crippen MR) is 51.0 cm³/mol. The fraction of sp³-hybridized carbons (Fsp3) is 0.600. The van der Waals surface area contributed by atoms with Crippen LogP contribution in [0.3, 0.4) is 0 Å². The quantitative estimate of drug-likeness (QED) is 0.492. The van der Waals surface area contributed by atoms with Crippen LogP contribution in [0.4, 0.5) is 0 Å². The van der Waals surface area contributed by atoms with Crippen LogP contribution in [0.15, 0.2) is 0 Å². The van der Waals surface area contributed by atoms with Gasteiger partial charge in [0, 0.05) is 12.0 Å². The van der Waals surface area contributed by atoms with Crippen LogP contribution in [0.1, 0.15) is 12.8 Å². The van der Waals surface area contributed by atoms with E-state index in [2.05, 4.69) is 0 Å². The first-order valence-corrected chi connectivity index (χ1v) is 2.70. The third kappa shape index (κ3) is 29.2. The Kier molecular flexibility index (Phi) is 67.5. The van der Waals surface area contributed by atoms with Crippen molar-refractivity contribution >= 4 is 57.4 Å². The largest absolute Gasteiger partial charge is 2.00 e. The molecule has 0 radical (unpaired) electrons. The second-order valence-corrected chi connectivity index (χ2v) is 1.84. The Bertz CT molecular complexity index is 155. The van der Waals surface area contributed by atoms with Crippen molar-refractivity contribution in [1.82, 2.24) is 0 Å². The molecular formula is C5H17NO9Sr. The topological polar surface area (TPSA) is 264 Å². The number of hydrogen-bond donors (Lipinski definition) is 1. The predicted octanol–water partition coefficient (Wildman–Crippen LogP) is -7.91. The van der Waals surface area contributed by atoms with Gasteiger partial charge in [0.2, 0.25) is 0 Å². The van der Waals surface area contributed by atoms with Gasteiger partial charge in [-0.25, -0.2) is 0 Å². The summed E-state index contributed by atoms with van der Waals surface area (Å²) < 4.78 is 0. The van der Waals surface area contributed by atoms with E-state index < -0.39 is 18.0 Å². The van der Waals surface area contributed by atoms with Gasteiger partial charge in [-0.15, -0.1) is 0 Å². The van der Waals surface area contributed by atoms with Crippen molar-refractivity contribution in [2.75, 3.05) is 0 Å². The zero-order valence-electron chi connectivity index (χ0n) is 8.41. The molecular weight excluding hydrogens is 306 g/mol. The van der Waals surface area contributed by atoms with E-state index in [0.29, 0.717) is 0 Å². The molecule has 0 aromatic heterocycles. The maximum Gasteiger partial charge on any atom is 2.00 e. The normalized spacial score (nSPS) is 7.81. The summed E-state index contributed by atoms with van der Waals surface area (Å²) in [7, 11) is 0. The van der Waals surface area contributed by atoms with Crippen molar-refractivity contribution < 1.29 is 47.2 Å². The summed E-state index contributed by atoms with van der Waals surface area (Å²) in [4.78, 5) is 19.6. The number of carbonyl (C=O) groups is 2. The third-order valence-corrected chi connectivity index (χ3v) is 0.962. The number of aliphatic carboxylic acids is 2. The zero-order chi connectivity index (χ0) is 8.15. The fourth-order valence-corrected chi connectivity index (χ4v) is 0.391. The van der Waals surface area contributed by atoms with E-state index >= 15 is 0 Å². The summed E-state index contributed by atoms with van der Waals surface area (Å²) in [5.74, 6) is -2.75. The fourth-order valence-electron chi connectivity index (χ4n) is 0.391. The van der Waals surface area contributed by atoms with E-state index in [1.165, 1.54) is 0 Å². The van der Waals surface area contributed by atoms with Crippen molar-refractivity contribution in [2.45, 2.75) is 18.9 Å². The Hall–Kier alpha value is 0.181. The van der Waals surface area contributed by atoms with Crippen LogP contribution in [-0.2, 0) is 9.59 Å². The van der Waals surface area contributed by atoms with Gasteiger partial charge in [-0.1, -0.05) is 0 Å². The summed E-state index contributed by atoms with van der Waals surface area (Å²) >= 11 is 0. The minimum Gasteiger partial charge on any atom is -0.550 e. The van der Waals surface area contributed by atoms with E-state index in [1.807, 2.05) is 0 Å². The molecule has 98 valence electrons. The molecule has 12 N–H and O–H groups in total. The number of carbonyl (C=O) groups excluding carboxylic acids is 2. The van der Waals surface area contributed by atoms with Crippen LogP contribution in [0, 0.1) is 0 Å². The Labute approximate surface area is 128 Å². The molecule has 16 heavy (non-hydrogen) atoms. The summed E-state index contributed by atoms with van der Waals surface area (Å²) in [5, 5.41) is 19.6. The molecule has 0 saturated heterocycles. The first kappa shape index (κ1) is 44.2. The molecule has 0 spiro atoms. The van der Waals surface area contributed by atoms with Gasteiger partial charge in [-0.05, 0) is 12.8 Å². The minimum absolute atomic E-state index is 0. The summed E-state index contributed by atoms with van der Waals surface area (Å²) in [5.41, 5.74) is 4.91. The average Bonchev–Trinajstić information content (AvgIpc) is 1.82. The van der Waals surface area contributed by atoms with Crippen molar-refractivity contribution in [3.8, 4) is 0 Å². The van der Waals surface area contributed by atoms with Gasteiger partial charge in [0.1, 0.15) is 0 Å². The SMILES string of the molecule is N[C@@H](CCC(=O)[O-])C(=O)[O-].O.O.O.O.O.[Sr+2]. The molecule has 1 atom stereocenters. The molecule has 0 saturated carbocycles. The van der Waals surface area contributed by atoms with Crippen LogP contribution >= 0.6 is 0 Å². The van der Waals surface area contributed by atoms with Crippen LogP contribution in [0.2, 0.25) is 0 Å². The molecule has 10 nitrogen and oxygen atoms in total. The van der Waals surface area contributed by atoms with Crippen molar-refractivity contribution in [1.29, 1.82) is 0 Å². The molecule has 0 bridgehead atoms. The van der Waals surface area contributed by atoms with E-state index in [0.717, 1.165) is 0 Å². The molecule has 0 aliphatic heterocycles. The van der Waals surface area contributed by atoms with Gasteiger partial charge in [-0.2, -0.15) is 0 Å². The minimum atomic E-state index is -1.44. The maximum absolute atomic E-state index is 9.86. The second-order valence-electron chi connectivity index (χ2n) is 1.84. The molecule has 0 aliphatic rings. The van der Waals surface area contributed by atoms with Gasteiger partial charge >= 0.3 is 45.5 Å². The number of nitrogens with two attached hydrogens (primary N) is 1. The number of carboxylic acids is 2. The van der Waals surface area contributed by atoms with E-state index in [9.17, 15) is 19.8 Å². The summed E-state index contributed by atoms with van der Waals surface area (Å²) in [6.07, 6.45) is -0.500. The van der Waals surface area contributed by atoms with Crippen molar-refractivity contribution in [2.24, 2.45) is 5.73 Å². The Balaban J connectivity index is -0.0000000270. The molecule has 0 fully saturated rings. The molecule has 0 aromatic rings. The van der Waals surface area contributed by atoms with Crippen molar-refractivity contribution in [3.05, 3.63) is 0 Å². The van der Waals surface area contributed by atoms with Gasteiger partial charge in [0.25, 0.3) is 0 Å². The van der Waals surface area contributed by atoms with Gasteiger partial charge in [-0.3, -0.25) is 0 Å². The van der Waals surface area contributed by atoms with E-state index in [-0.39, 0.29) is 85.7 Å². The average molecular weight is 323 g/mol. The van der Waals surface area contributed by atoms with Crippen LogP contribution in [0.5, 0.6) is 0 Å². The van der Waals surface area contributed by atoms with E-state index in [1.54, 1.807) is 0 Å². The number of rotatable bonds is 4. The molecule has 0 unspecified atom stereocenters. The van der Waals surface area contributed by atoms with Crippen LogP contribution in [-0.4, -0.2) is 90.8 Å². The molecule has 0 aromatic carbocycles.